The molecule has 0 atom stereocenters. The van der Waals surface area contributed by atoms with Crippen LogP contribution in [0.1, 0.15) is 27.0 Å². The lowest BCUT2D eigenvalue weighted by atomic mass is 10.0. The Morgan fingerprint density at radius 1 is 0.769 bits per heavy atom. The van der Waals surface area contributed by atoms with Gasteiger partial charge < -0.3 is 4.74 Å². The zero-order chi connectivity index (χ0) is 18.5. The summed E-state index contributed by atoms with van der Waals surface area (Å²) in [6.45, 7) is 3.99. The molecule has 26 heavy (non-hydrogen) atoms. The second-order valence-corrected chi connectivity index (χ2v) is 6.03. The molecule has 0 bridgehead atoms. The molecule has 4 nitrogen and oxygen atoms in total. The molecule has 0 fully saturated rings. The molecule has 0 heterocycles. The van der Waals surface area contributed by atoms with E-state index in [1.165, 1.54) is 0 Å². The van der Waals surface area contributed by atoms with E-state index in [4.69, 9.17) is 4.74 Å². The third kappa shape index (κ3) is 4.16. The standard InChI is InChI=1S/C22H19NO3/c1-15-8-11-19(14-16(15)2)23-22(25)26-20-12-9-18(10-13-20)21(24)17-6-4-3-5-7-17/h3-14H,1-2H3,(H,23,25). The number of hydrogen-bond acceptors (Lipinski definition) is 3. The summed E-state index contributed by atoms with van der Waals surface area (Å²) in [5.74, 6) is 0.299. The number of ether oxygens (including phenoxy) is 1. The summed E-state index contributed by atoms with van der Waals surface area (Å²) in [4.78, 5) is 24.4. The van der Waals surface area contributed by atoms with Crippen molar-refractivity contribution in [1.82, 2.24) is 0 Å². The van der Waals surface area contributed by atoms with Crippen LogP contribution in [0, 0.1) is 13.8 Å². The molecule has 0 aliphatic carbocycles. The van der Waals surface area contributed by atoms with E-state index >= 15 is 0 Å². The van der Waals surface area contributed by atoms with E-state index in [1.54, 1.807) is 36.4 Å². The number of amides is 1. The van der Waals surface area contributed by atoms with Gasteiger partial charge in [0.15, 0.2) is 5.78 Å². The van der Waals surface area contributed by atoms with E-state index in [0.29, 0.717) is 22.6 Å². The number of carbonyl (C=O) groups excluding carboxylic acids is 2. The van der Waals surface area contributed by atoms with Crippen LogP contribution in [0.25, 0.3) is 0 Å². The monoisotopic (exact) mass is 345 g/mol. The van der Waals surface area contributed by atoms with Crippen LogP contribution in [0.4, 0.5) is 10.5 Å². The van der Waals surface area contributed by atoms with Gasteiger partial charge in [-0.25, -0.2) is 4.79 Å². The molecule has 0 radical (unpaired) electrons. The van der Waals surface area contributed by atoms with Crippen molar-refractivity contribution in [2.24, 2.45) is 0 Å². The maximum absolute atomic E-state index is 12.4. The van der Waals surface area contributed by atoms with Crippen LogP contribution >= 0.6 is 0 Å². The molecule has 130 valence electrons. The minimum absolute atomic E-state index is 0.0725. The Bertz CT molecular complexity index is 931. The van der Waals surface area contributed by atoms with Gasteiger partial charge in [0.2, 0.25) is 0 Å². The predicted molar refractivity (Wildman–Crippen MR) is 102 cm³/mol. The first-order valence-electron chi connectivity index (χ1n) is 8.29. The van der Waals surface area contributed by atoms with Crippen LogP contribution in [0.2, 0.25) is 0 Å². The molecular formula is C22H19NO3. The summed E-state index contributed by atoms with van der Waals surface area (Å²) in [5, 5.41) is 2.69. The van der Waals surface area contributed by atoms with Crippen LogP contribution < -0.4 is 10.1 Å². The Labute approximate surface area is 152 Å². The van der Waals surface area contributed by atoms with Gasteiger partial charge in [-0.1, -0.05) is 36.4 Å². The lowest BCUT2D eigenvalue weighted by Crippen LogP contribution is -2.16. The Kier molecular flexibility index (Phi) is 5.13. The van der Waals surface area contributed by atoms with Gasteiger partial charge in [-0.15, -0.1) is 0 Å². The first kappa shape index (κ1) is 17.4. The van der Waals surface area contributed by atoms with Crippen molar-refractivity contribution in [3.63, 3.8) is 0 Å². The van der Waals surface area contributed by atoms with E-state index in [1.807, 2.05) is 50.2 Å². The van der Waals surface area contributed by atoms with Crippen molar-refractivity contribution in [2.75, 3.05) is 5.32 Å². The molecule has 3 rings (SSSR count). The molecule has 0 spiro atoms. The van der Waals surface area contributed by atoms with E-state index in [-0.39, 0.29) is 5.78 Å². The van der Waals surface area contributed by atoms with Crippen molar-refractivity contribution < 1.29 is 14.3 Å². The highest BCUT2D eigenvalue weighted by atomic mass is 16.6. The van der Waals surface area contributed by atoms with E-state index in [2.05, 4.69) is 5.32 Å². The number of carbonyl (C=O) groups is 2. The van der Waals surface area contributed by atoms with Gasteiger partial charge in [0.1, 0.15) is 5.75 Å². The van der Waals surface area contributed by atoms with Crippen molar-refractivity contribution in [2.45, 2.75) is 13.8 Å². The van der Waals surface area contributed by atoms with Gasteiger partial charge in [0.05, 0.1) is 0 Å². The summed E-state index contributed by atoms with van der Waals surface area (Å²) in [6.07, 6.45) is -0.574. The quantitative estimate of drug-likeness (QED) is 0.666. The fourth-order valence-corrected chi connectivity index (χ4v) is 2.50. The molecule has 0 aliphatic heterocycles. The lowest BCUT2D eigenvalue weighted by Gasteiger charge is -2.09. The van der Waals surface area contributed by atoms with Crippen molar-refractivity contribution in [3.8, 4) is 5.75 Å². The number of anilines is 1. The van der Waals surface area contributed by atoms with Gasteiger partial charge in [-0.3, -0.25) is 10.1 Å². The highest BCUT2D eigenvalue weighted by molar-refractivity contribution is 6.09. The summed E-state index contributed by atoms with van der Waals surface area (Å²) >= 11 is 0. The topological polar surface area (TPSA) is 55.4 Å². The second kappa shape index (κ2) is 7.66. The summed E-state index contributed by atoms with van der Waals surface area (Å²) in [5.41, 5.74) is 4.08. The van der Waals surface area contributed by atoms with Gasteiger partial charge in [0, 0.05) is 16.8 Å². The number of nitrogens with one attached hydrogen (secondary N) is 1. The number of rotatable bonds is 4. The van der Waals surface area contributed by atoms with Gasteiger partial charge in [-0.05, 0) is 61.4 Å². The van der Waals surface area contributed by atoms with Gasteiger partial charge >= 0.3 is 6.09 Å². The van der Waals surface area contributed by atoms with E-state index < -0.39 is 6.09 Å². The molecule has 3 aromatic rings. The van der Waals surface area contributed by atoms with Gasteiger partial charge in [0.25, 0.3) is 0 Å². The molecule has 0 unspecified atom stereocenters. The maximum atomic E-state index is 12.4. The molecule has 0 aromatic heterocycles. The zero-order valence-corrected chi connectivity index (χ0v) is 14.7. The van der Waals surface area contributed by atoms with E-state index in [0.717, 1.165) is 11.1 Å². The maximum Gasteiger partial charge on any atom is 0.417 e. The summed E-state index contributed by atoms with van der Waals surface area (Å²) in [6, 6.07) is 21.2. The fraction of sp³-hybridized carbons (Fsp3) is 0.0909. The normalized spacial score (nSPS) is 10.2. The molecule has 0 aliphatic rings. The minimum Gasteiger partial charge on any atom is -0.410 e. The summed E-state index contributed by atoms with van der Waals surface area (Å²) < 4.78 is 5.27. The van der Waals surface area contributed by atoms with Crippen molar-refractivity contribution >= 4 is 17.6 Å². The zero-order valence-electron chi connectivity index (χ0n) is 14.7. The number of hydrogen-bond donors (Lipinski definition) is 1. The smallest absolute Gasteiger partial charge is 0.410 e. The van der Waals surface area contributed by atoms with Crippen LogP contribution in [-0.2, 0) is 0 Å². The number of aryl methyl sites for hydroxylation is 2. The lowest BCUT2D eigenvalue weighted by molar-refractivity contribution is 0.103. The Morgan fingerprint density at radius 2 is 1.42 bits per heavy atom. The van der Waals surface area contributed by atoms with Crippen molar-refractivity contribution in [3.05, 3.63) is 95.1 Å². The molecule has 1 N–H and O–H groups in total. The fourth-order valence-electron chi connectivity index (χ4n) is 2.50. The SMILES string of the molecule is Cc1ccc(NC(=O)Oc2ccc(C(=O)c3ccccc3)cc2)cc1C. The minimum atomic E-state index is -0.574. The van der Waals surface area contributed by atoms with Crippen LogP contribution in [0.15, 0.2) is 72.8 Å². The third-order valence-corrected chi connectivity index (χ3v) is 4.12. The van der Waals surface area contributed by atoms with Crippen LogP contribution in [0.5, 0.6) is 5.75 Å². The highest BCUT2D eigenvalue weighted by Crippen LogP contribution is 2.18. The van der Waals surface area contributed by atoms with Crippen LogP contribution in [-0.4, -0.2) is 11.9 Å². The Hall–Kier alpha value is -3.40. The predicted octanol–water partition coefficient (Wildman–Crippen LogP) is 5.15. The Morgan fingerprint density at radius 3 is 2.08 bits per heavy atom. The number of benzene rings is 3. The number of ketones is 1. The molecule has 3 aromatic carbocycles. The first-order valence-corrected chi connectivity index (χ1v) is 8.29. The largest absolute Gasteiger partial charge is 0.417 e. The third-order valence-electron chi connectivity index (χ3n) is 4.12. The average Bonchev–Trinajstić information content (AvgIpc) is 2.65. The second-order valence-electron chi connectivity index (χ2n) is 6.03. The molecular weight excluding hydrogens is 326 g/mol. The molecule has 0 saturated heterocycles. The molecule has 1 amide bonds. The Balaban J connectivity index is 1.64. The average molecular weight is 345 g/mol. The van der Waals surface area contributed by atoms with E-state index in [9.17, 15) is 9.59 Å². The molecule has 4 heteroatoms. The first-order chi connectivity index (χ1) is 12.5. The molecule has 0 saturated carbocycles. The highest BCUT2D eigenvalue weighted by Gasteiger charge is 2.10. The van der Waals surface area contributed by atoms with Gasteiger partial charge in [-0.2, -0.15) is 0 Å². The van der Waals surface area contributed by atoms with Crippen molar-refractivity contribution in [1.29, 1.82) is 0 Å². The summed E-state index contributed by atoms with van der Waals surface area (Å²) in [7, 11) is 0. The van der Waals surface area contributed by atoms with Crippen LogP contribution in [0.3, 0.4) is 0 Å².